The van der Waals surface area contributed by atoms with Gasteiger partial charge < -0.3 is 9.80 Å². The van der Waals surface area contributed by atoms with Gasteiger partial charge in [-0.2, -0.15) is 5.10 Å². The Morgan fingerprint density at radius 2 is 1.84 bits per heavy atom. The van der Waals surface area contributed by atoms with Crippen LogP contribution in [0.4, 0.5) is 5.95 Å². The summed E-state index contributed by atoms with van der Waals surface area (Å²) in [5.41, 5.74) is 3.06. The largest absolute Gasteiger partial charge is 0.304 e. The lowest BCUT2D eigenvalue weighted by molar-refractivity contribution is -0.210. The molecule has 2 aromatic heterocycles. The van der Waals surface area contributed by atoms with E-state index in [9.17, 15) is 4.79 Å². The summed E-state index contributed by atoms with van der Waals surface area (Å²) in [5, 5.41) is 8.20. The smallest absolute Gasteiger partial charge is 0.233 e. The van der Waals surface area contributed by atoms with Gasteiger partial charge in [-0.05, 0) is 43.4 Å². The molecule has 1 aliphatic heterocycles. The van der Waals surface area contributed by atoms with Crippen molar-refractivity contribution >= 4 is 22.8 Å². The molecule has 1 amide bonds. The summed E-state index contributed by atoms with van der Waals surface area (Å²) in [6, 6.07) is 6.07. The van der Waals surface area contributed by atoms with Crippen molar-refractivity contribution in [3.8, 4) is 11.1 Å². The van der Waals surface area contributed by atoms with Gasteiger partial charge in [0, 0.05) is 63.1 Å². The molecule has 3 heterocycles. The van der Waals surface area contributed by atoms with Gasteiger partial charge >= 0.3 is 0 Å². The fourth-order valence-corrected chi connectivity index (χ4v) is 5.95. The molecule has 0 atom stereocenters. The van der Waals surface area contributed by atoms with Crippen LogP contribution in [-0.4, -0.2) is 75.2 Å². The predicted octanol–water partition coefficient (Wildman–Crippen LogP) is 2.39. The molecule has 1 N–H and O–H groups in total. The number of fused-ring (bicyclic) bond motifs is 1. The third-order valence-electron chi connectivity index (χ3n) is 7.62. The lowest BCUT2D eigenvalue weighted by Gasteiger charge is -2.70. The second-order valence-electron chi connectivity index (χ2n) is 10.2. The Morgan fingerprint density at radius 1 is 1.06 bits per heavy atom. The Bertz CT molecular complexity index is 1170. The molecule has 166 valence electrons. The molecule has 7 rings (SSSR count). The number of piperazine rings is 1. The van der Waals surface area contributed by atoms with Crippen molar-refractivity contribution < 1.29 is 4.79 Å². The van der Waals surface area contributed by atoms with E-state index in [0.29, 0.717) is 11.4 Å². The van der Waals surface area contributed by atoms with E-state index >= 15 is 0 Å². The first kappa shape index (κ1) is 19.8. The fourth-order valence-electron chi connectivity index (χ4n) is 5.95. The van der Waals surface area contributed by atoms with Crippen LogP contribution in [0.25, 0.3) is 22.0 Å². The second-order valence-corrected chi connectivity index (χ2v) is 10.2. The summed E-state index contributed by atoms with van der Waals surface area (Å²) in [6.45, 7) is 5.71. The standard InChI is InChI=1S/C24H29N7O/c1-29-5-7-31(8-6-29)16-23-13-24(14-23,15-23)21(32)28-22-25-10-18-4-3-17(9-20(18)27-22)19-11-26-30(2)12-19/h3-4,9-12H,5-8,13-16H2,1-2H3,(H,25,27,28,32). The molecule has 0 spiro atoms. The highest BCUT2D eigenvalue weighted by molar-refractivity contribution is 5.97. The summed E-state index contributed by atoms with van der Waals surface area (Å²) in [7, 11) is 4.09. The Kier molecular flexibility index (Phi) is 4.39. The molecule has 1 saturated heterocycles. The monoisotopic (exact) mass is 431 g/mol. The van der Waals surface area contributed by atoms with Crippen molar-refractivity contribution in [1.29, 1.82) is 0 Å². The van der Waals surface area contributed by atoms with Crippen LogP contribution in [0.15, 0.2) is 36.8 Å². The van der Waals surface area contributed by atoms with E-state index in [2.05, 4.69) is 37.2 Å². The van der Waals surface area contributed by atoms with Crippen molar-refractivity contribution in [3.05, 3.63) is 36.8 Å². The number of nitrogens with zero attached hydrogens (tertiary/aromatic N) is 6. The normalized spacial score (nSPS) is 27.7. The van der Waals surface area contributed by atoms with Crippen molar-refractivity contribution in [2.24, 2.45) is 17.9 Å². The number of anilines is 1. The number of hydrogen-bond donors (Lipinski definition) is 1. The van der Waals surface area contributed by atoms with E-state index in [1.54, 1.807) is 10.9 Å². The van der Waals surface area contributed by atoms with Crippen molar-refractivity contribution in [3.63, 3.8) is 0 Å². The number of aromatic nitrogens is 4. The number of carbonyl (C=O) groups excluding carboxylic acids is 1. The number of likely N-dealkylation sites (N-methyl/N-ethyl adjacent to an activating group) is 1. The maximum atomic E-state index is 13.0. The summed E-state index contributed by atoms with van der Waals surface area (Å²) in [6.07, 6.45) is 8.59. The van der Waals surface area contributed by atoms with Crippen LogP contribution in [0.2, 0.25) is 0 Å². The Morgan fingerprint density at radius 3 is 2.56 bits per heavy atom. The molecule has 0 unspecified atom stereocenters. The van der Waals surface area contributed by atoms with Crippen LogP contribution in [0.5, 0.6) is 0 Å². The van der Waals surface area contributed by atoms with Crippen LogP contribution in [0.3, 0.4) is 0 Å². The van der Waals surface area contributed by atoms with Gasteiger partial charge in [-0.3, -0.25) is 14.8 Å². The molecule has 8 nitrogen and oxygen atoms in total. The third kappa shape index (κ3) is 3.29. The molecule has 2 bridgehead atoms. The lowest BCUT2D eigenvalue weighted by atomic mass is 9.34. The number of benzene rings is 1. The highest BCUT2D eigenvalue weighted by atomic mass is 16.2. The molecule has 1 aromatic carbocycles. The van der Waals surface area contributed by atoms with Gasteiger partial charge in [0.1, 0.15) is 0 Å². The minimum Gasteiger partial charge on any atom is -0.304 e. The van der Waals surface area contributed by atoms with Crippen molar-refractivity contribution in [2.45, 2.75) is 19.3 Å². The zero-order valence-electron chi connectivity index (χ0n) is 18.7. The molecule has 4 aliphatic rings. The highest BCUT2D eigenvalue weighted by Gasteiger charge is 2.71. The van der Waals surface area contributed by atoms with E-state index in [4.69, 9.17) is 0 Å². The van der Waals surface area contributed by atoms with E-state index in [0.717, 1.165) is 74.0 Å². The zero-order valence-corrected chi connectivity index (χ0v) is 18.7. The summed E-state index contributed by atoms with van der Waals surface area (Å²) in [5.74, 6) is 0.476. The van der Waals surface area contributed by atoms with Crippen molar-refractivity contribution in [2.75, 3.05) is 45.1 Å². The number of carbonyl (C=O) groups is 1. The molecule has 8 heteroatoms. The van der Waals surface area contributed by atoms with Gasteiger partial charge in [-0.1, -0.05) is 12.1 Å². The number of aryl methyl sites for hydroxylation is 1. The molecule has 0 radical (unpaired) electrons. The number of rotatable bonds is 5. The van der Waals surface area contributed by atoms with Gasteiger partial charge in [0.05, 0.1) is 17.1 Å². The predicted molar refractivity (Wildman–Crippen MR) is 123 cm³/mol. The van der Waals surface area contributed by atoms with Crippen molar-refractivity contribution in [1.82, 2.24) is 29.5 Å². The number of hydrogen-bond acceptors (Lipinski definition) is 6. The zero-order chi connectivity index (χ0) is 21.9. The van der Waals surface area contributed by atoms with Gasteiger partial charge in [0.15, 0.2) is 0 Å². The van der Waals surface area contributed by atoms with Gasteiger partial charge in [0.25, 0.3) is 0 Å². The van der Waals surface area contributed by atoms with Crippen LogP contribution < -0.4 is 5.32 Å². The Labute approximate surface area is 187 Å². The van der Waals surface area contributed by atoms with Crippen LogP contribution in [0.1, 0.15) is 19.3 Å². The summed E-state index contributed by atoms with van der Waals surface area (Å²) >= 11 is 0. The first-order valence-corrected chi connectivity index (χ1v) is 11.4. The molecular weight excluding hydrogens is 402 g/mol. The molecule has 4 fully saturated rings. The lowest BCUT2D eigenvalue weighted by Crippen LogP contribution is -2.70. The van der Waals surface area contributed by atoms with Crippen LogP contribution >= 0.6 is 0 Å². The van der Waals surface area contributed by atoms with Crippen LogP contribution in [-0.2, 0) is 11.8 Å². The first-order chi connectivity index (χ1) is 15.4. The van der Waals surface area contributed by atoms with E-state index < -0.39 is 0 Å². The molecule has 3 aromatic rings. The van der Waals surface area contributed by atoms with E-state index in [-0.39, 0.29) is 11.3 Å². The Hall–Kier alpha value is -2.84. The Balaban J connectivity index is 1.11. The topological polar surface area (TPSA) is 79.2 Å². The third-order valence-corrected chi connectivity index (χ3v) is 7.62. The fraction of sp³-hybridized carbons (Fsp3) is 0.500. The quantitative estimate of drug-likeness (QED) is 0.668. The molecule has 3 aliphatic carbocycles. The SMILES string of the molecule is CN1CCN(CC23CC(C(=O)Nc4ncc5ccc(-c6cnn(C)c6)cc5n4)(C2)C3)CC1. The average Bonchev–Trinajstić information content (AvgIpc) is 3.16. The molecular formula is C24H29N7O. The van der Waals surface area contributed by atoms with Gasteiger partial charge in [-0.25, -0.2) is 9.97 Å². The number of nitrogens with one attached hydrogen (secondary N) is 1. The van der Waals surface area contributed by atoms with E-state index in [1.165, 1.54) is 0 Å². The molecule has 3 saturated carbocycles. The second kappa shape index (κ2) is 7.08. The minimum atomic E-state index is -0.206. The maximum absolute atomic E-state index is 13.0. The first-order valence-electron chi connectivity index (χ1n) is 11.4. The van der Waals surface area contributed by atoms with Crippen LogP contribution in [0, 0.1) is 10.8 Å². The molecule has 32 heavy (non-hydrogen) atoms. The minimum absolute atomic E-state index is 0.0838. The van der Waals surface area contributed by atoms with Gasteiger partial charge in [0.2, 0.25) is 11.9 Å². The average molecular weight is 432 g/mol. The summed E-state index contributed by atoms with van der Waals surface area (Å²) in [4.78, 5) is 27.0. The summed E-state index contributed by atoms with van der Waals surface area (Å²) < 4.78 is 1.78. The number of amides is 1. The highest BCUT2D eigenvalue weighted by Crippen LogP contribution is 2.73. The van der Waals surface area contributed by atoms with E-state index in [1.807, 2.05) is 37.6 Å². The maximum Gasteiger partial charge on any atom is 0.233 e. The van der Waals surface area contributed by atoms with Gasteiger partial charge in [-0.15, -0.1) is 0 Å².